The van der Waals surface area contributed by atoms with E-state index < -0.39 is 17.8 Å². The number of halogens is 4. The summed E-state index contributed by atoms with van der Waals surface area (Å²) in [7, 11) is 0. The normalized spacial score (nSPS) is 11.4. The van der Waals surface area contributed by atoms with Gasteiger partial charge in [0.05, 0.1) is 11.9 Å². The first-order valence-electron chi connectivity index (χ1n) is 4.70. The first-order valence-corrected chi connectivity index (χ1v) is 5.89. The minimum atomic E-state index is -4.52. The summed E-state index contributed by atoms with van der Waals surface area (Å²) < 4.78 is 36.9. The predicted molar refractivity (Wildman–Crippen MR) is 62.1 cm³/mol. The molecule has 19 heavy (non-hydrogen) atoms. The van der Waals surface area contributed by atoms with Gasteiger partial charge in [-0.1, -0.05) is 11.3 Å². The Morgan fingerprint density at radius 1 is 1.32 bits per heavy atom. The lowest BCUT2D eigenvalue weighted by Crippen LogP contribution is -2.13. The van der Waals surface area contributed by atoms with E-state index in [-0.39, 0.29) is 15.2 Å². The molecule has 100 valence electrons. The molecular formula is C9H4ClF3N4OS. The fourth-order valence-electron chi connectivity index (χ4n) is 1.12. The molecule has 5 nitrogen and oxygen atoms in total. The van der Waals surface area contributed by atoms with E-state index in [1.165, 1.54) is 0 Å². The SMILES string of the molecule is O=C(Nc1ccc(C(F)(F)F)nc1)c1nnc(Cl)s1. The van der Waals surface area contributed by atoms with Crippen LogP contribution in [0.15, 0.2) is 18.3 Å². The molecule has 1 N–H and O–H groups in total. The Balaban J connectivity index is 2.10. The number of anilines is 1. The summed E-state index contributed by atoms with van der Waals surface area (Å²) >= 11 is 6.36. The molecule has 0 fully saturated rings. The molecule has 0 aromatic carbocycles. The Hall–Kier alpha value is -1.74. The number of nitrogens with one attached hydrogen (secondary N) is 1. The monoisotopic (exact) mass is 308 g/mol. The van der Waals surface area contributed by atoms with Crippen molar-refractivity contribution in [2.24, 2.45) is 0 Å². The molecule has 0 unspecified atom stereocenters. The Morgan fingerprint density at radius 3 is 2.53 bits per heavy atom. The zero-order valence-electron chi connectivity index (χ0n) is 8.90. The van der Waals surface area contributed by atoms with Gasteiger partial charge in [-0.3, -0.25) is 4.79 Å². The molecule has 0 aliphatic heterocycles. The highest BCUT2D eigenvalue weighted by Gasteiger charge is 2.32. The topological polar surface area (TPSA) is 67.8 Å². The van der Waals surface area contributed by atoms with Crippen molar-refractivity contribution in [1.29, 1.82) is 0 Å². The lowest BCUT2D eigenvalue weighted by Gasteiger charge is -2.06. The highest BCUT2D eigenvalue weighted by Crippen LogP contribution is 2.27. The second-order valence-electron chi connectivity index (χ2n) is 3.24. The van der Waals surface area contributed by atoms with Crippen LogP contribution in [0.3, 0.4) is 0 Å². The Morgan fingerprint density at radius 2 is 2.05 bits per heavy atom. The third-order valence-electron chi connectivity index (χ3n) is 1.91. The largest absolute Gasteiger partial charge is 0.433 e. The Labute approximate surface area is 113 Å². The van der Waals surface area contributed by atoms with Crippen molar-refractivity contribution in [3.8, 4) is 0 Å². The van der Waals surface area contributed by atoms with E-state index in [1.54, 1.807) is 0 Å². The van der Waals surface area contributed by atoms with E-state index in [1.807, 2.05) is 0 Å². The van der Waals surface area contributed by atoms with Crippen LogP contribution in [0.2, 0.25) is 4.47 Å². The van der Waals surface area contributed by atoms with Crippen LogP contribution in [-0.2, 0) is 6.18 Å². The van der Waals surface area contributed by atoms with Crippen molar-refractivity contribution < 1.29 is 18.0 Å². The second kappa shape index (κ2) is 5.10. The first-order chi connectivity index (χ1) is 8.86. The number of hydrogen-bond acceptors (Lipinski definition) is 5. The van der Waals surface area contributed by atoms with Gasteiger partial charge in [0.15, 0.2) is 0 Å². The van der Waals surface area contributed by atoms with Gasteiger partial charge in [-0.05, 0) is 23.7 Å². The Bertz CT molecular complexity index is 598. The molecule has 1 amide bonds. The third-order valence-corrected chi connectivity index (χ3v) is 2.92. The summed E-state index contributed by atoms with van der Waals surface area (Å²) in [6.45, 7) is 0. The number of nitrogens with zero attached hydrogens (tertiary/aromatic N) is 3. The van der Waals surface area contributed by atoms with Crippen molar-refractivity contribution in [2.45, 2.75) is 6.18 Å². The zero-order chi connectivity index (χ0) is 14.0. The van der Waals surface area contributed by atoms with Crippen LogP contribution >= 0.6 is 22.9 Å². The maximum Gasteiger partial charge on any atom is 0.433 e. The first kappa shape index (κ1) is 13.7. The van der Waals surface area contributed by atoms with E-state index >= 15 is 0 Å². The summed E-state index contributed by atoms with van der Waals surface area (Å²) in [5.74, 6) is -0.619. The zero-order valence-corrected chi connectivity index (χ0v) is 10.5. The maximum absolute atomic E-state index is 12.3. The average molecular weight is 309 g/mol. The van der Waals surface area contributed by atoms with Gasteiger partial charge in [0.1, 0.15) is 5.69 Å². The third kappa shape index (κ3) is 3.38. The van der Waals surface area contributed by atoms with Crippen molar-refractivity contribution in [2.75, 3.05) is 5.32 Å². The number of carbonyl (C=O) groups excluding carboxylic acids is 1. The maximum atomic E-state index is 12.3. The van der Waals surface area contributed by atoms with Crippen molar-refractivity contribution in [1.82, 2.24) is 15.2 Å². The molecule has 0 aliphatic rings. The van der Waals surface area contributed by atoms with Gasteiger partial charge in [-0.25, -0.2) is 4.98 Å². The molecule has 2 aromatic heterocycles. The molecule has 0 saturated heterocycles. The standard InChI is InChI=1S/C9H4ClF3N4OS/c10-8-17-16-7(19-8)6(18)15-4-1-2-5(14-3-4)9(11,12)13/h1-3H,(H,15,18). The van der Waals surface area contributed by atoms with Gasteiger partial charge in [0, 0.05) is 0 Å². The Kier molecular flexibility index (Phi) is 3.67. The smallest absolute Gasteiger partial charge is 0.318 e. The highest BCUT2D eigenvalue weighted by molar-refractivity contribution is 7.17. The molecule has 2 aromatic rings. The van der Waals surface area contributed by atoms with Gasteiger partial charge in [-0.15, -0.1) is 10.2 Å². The number of aromatic nitrogens is 3. The molecule has 0 spiro atoms. The van der Waals surface area contributed by atoms with Crippen LogP contribution < -0.4 is 5.32 Å². The molecule has 10 heteroatoms. The quantitative estimate of drug-likeness (QED) is 0.926. The highest BCUT2D eigenvalue weighted by atomic mass is 35.5. The van der Waals surface area contributed by atoms with Crippen LogP contribution in [0.4, 0.5) is 18.9 Å². The van der Waals surface area contributed by atoms with Crippen LogP contribution in [-0.4, -0.2) is 21.1 Å². The van der Waals surface area contributed by atoms with Crippen molar-refractivity contribution >= 4 is 34.5 Å². The summed E-state index contributed by atoms with van der Waals surface area (Å²) in [5.41, 5.74) is -0.922. The molecule has 0 radical (unpaired) electrons. The number of pyridine rings is 1. The van der Waals surface area contributed by atoms with E-state index in [0.29, 0.717) is 0 Å². The number of rotatable bonds is 2. The fourth-order valence-corrected chi connectivity index (χ4v) is 1.84. The molecule has 0 bridgehead atoms. The molecular weight excluding hydrogens is 305 g/mol. The minimum absolute atomic E-state index is 0.00454. The summed E-state index contributed by atoms with van der Waals surface area (Å²) in [4.78, 5) is 14.8. The predicted octanol–water partition coefficient (Wildman–Crippen LogP) is 2.86. The van der Waals surface area contributed by atoms with Crippen LogP contribution in [0.25, 0.3) is 0 Å². The van der Waals surface area contributed by atoms with E-state index in [9.17, 15) is 18.0 Å². The molecule has 2 heterocycles. The minimum Gasteiger partial charge on any atom is -0.318 e. The number of hydrogen-bond donors (Lipinski definition) is 1. The van der Waals surface area contributed by atoms with E-state index in [2.05, 4.69) is 20.5 Å². The molecule has 2 rings (SSSR count). The summed E-state index contributed by atoms with van der Waals surface area (Å²) in [6.07, 6.45) is -3.61. The molecule has 0 saturated carbocycles. The molecule has 0 aliphatic carbocycles. The van der Waals surface area contributed by atoms with Crippen LogP contribution in [0, 0.1) is 0 Å². The lowest BCUT2D eigenvalue weighted by atomic mass is 10.3. The molecule has 0 atom stereocenters. The van der Waals surface area contributed by atoms with Crippen LogP contribution in [0.5, 0.6) is 0 Å². The van der Waals surface area contributed by atoms with Gasteiger partial charge < -0.3 is 5.32 Å². The average Bonchev–Trinajstić information content (AvgIpc) is 2.75. The summed E-state index contributed by atoms with van der Waals surface area (Å²) in [6, 6.07) is 1.86. The van der Waals surface area contributed by atoms with Gasteiger partial charge in [0.25, 0.3) is 5.91 Å². The lowest BCUT2D eigenvalue weighted by molar-refractivity contribution is -0.141. The fraction of sp³-hybridized carbons (Fsp3) is 0.111. The number of amides is 1. The van der Waals surface area contributed by atoms with Gasteiger partial charge in [0.2, 0.25) is 9.47 Å². The van der Waals surface area contributed by atoms with Crippen molar-refractivity contribution in [3.63, 3.8) is 0 Å². The summed E-state index contributed by atoms with van der Waals surface area (Å²) in [5, 5.41) is 9.26. The van der Waals surface area contributed by atoms with Gasteiger partial charge in [-0.2, -0.15) is 13.2 Å². The number of alkyl halides is 3. The number of carbonyl (C=O) groups is 1. The van der Waals surface area contributed by atoms with Crippen molar-refractivity contribution in [3.05, 3.63) is 33.5 Å². The van der Waals surface area contributed by atoms with E-state index in [0.717, 1.165) is 29.7 Å². The second-order valence-corrected chi connectivity index (χ2v) is 4.80. The van der Waals surface area contributed by atoms with E-state index in [4.69, 9.17) is 11.6 Å². The van der Waals surface area contributed by atoms with Gasteiger partial charge >= 0.3 is 6.18 Å². The van der Waals surface area contributed by atoms with Crippen LogP contribution in [0.1, 0.15) is 15.5 Å².